The van der Waals surface area contributed by atoms with Crippen molar-refractivity contribution in [1.82, 2.24) is 10.2 Å². The SMILES string of the molecule is CSc1nnc(NC(=O)CCc2ccc(C(C)(C)C)cc2)s1. The van der Waals surface area contributed by atoms with Crippen molar-refractivity contribution in [2.45, 2.75) is 43.4 Å². The average molecular weight is 335 g/mol. The highest BCUT2D eigenvalue weighted by atomic mass is 32.2. The van der Waals surface area contributed by atoms with E-state index in [1.54, 1.807) is 0 Å². The molecule has 0 bridgehead atoms. The predicted molar refractivity (Wildman–Crippen MR) is 93.8 cm³/mol. The maximum atomic E-state index is 11.9. The van der Waals surface area contributed by atoms with Crippen molar-refractivity contribution >= 4 is 34.1 Å². The molecule has 1 heterocycles. The Kier molecular flexibility index (Phi) is 5.58. The van der Waals surface area contributed by atoms with Gasteiger partial charge in [-0.15, -0.1) is 10.2 Å². The monoisotopic (exact) mass is 335 g/mol. The summed E-state index contributed by atoms with van der Waals surface area (Å²) in [5.74, 6) is -0.0244. The Morgan fingerprint density at radius 3 is 2.45 bits per heavy atom. The third kappa shape index (κ3) is 4.81. The fraction of sp³-hybridized carbons (Fsp3) is 0.438. The van der Waals surface area contributed by atoms with Gasteiger partial charge in [-0.1, -0.05) is 68.1 Å². The predicted octanol–water partition coefficient (Wildman–Crippen LogP) is 4.13. The molecular weight excluding hydrogens is 314 g/mol. The van der Waals surface area contributed by atoms with Gasteiger partial charge in [0.05, 0.1) is 0 Å². The Labute approximate surface area is 139 Å². The van der Waals surface area contributed by atoms with Gasteiger partial charge in [0, 0.05) is 6.42 Å². The van der Waals surface area contributed by atoms with E-state index in [1.807, 2.05) is 6.26 Å². The lowest BCUT2D eigenvalue weighted by Crippen LogP contribution is -2.13. The molecule has 22 heavy (non-hydrogen) atoms. The highest BCUT2D eigenvalue weighted by Crippen LogP contribution is 2.24. The highest BCUT2D eigenvalue weighted by Gasteiger charge is 2.13. The van der Waals surface area contributed by atoms with Crippen LogP contribution in [0, 0.1) is 0 Å². The normalized spacial score (nSPS) is 11.5. The van der Waals surface area contributed by atoms with Gasteiger partial charge in [0.25, 0.3) is 0 Å². The quantitative estimate of drug-likeness (QED) is 0.659. The third-order valence-corrected chi connectivity index (χ3v) is 5.10. The number of amides is 1. The highest BCUT2D eigenvalue weighted by molar-refractivity contribution is 8.00. The summed E-state index contributed by atoms with van der Waals surface area (Å²) < 4.78 is 0.855. The van der Waals surface area contributed by atoms with E-state index in [0.29, 0.717) is 11.6 Å². The van der Waals surface area contributed by atoms with E-state index in [9.17, 15) is 4.79 Å². The molecule has 2 rings (SSSR count). The minimum Gasteiger partial charge on any atom is -0.300 e. The van der Waals surface area contributed by atoms with Crippen LogP contribution in [-0.2, 0) is 16.6 Å². The van der Waals surface area contributed by atoms with Crippen molar-refractivity contribution in [3.8, 4) is 0 Å². The van der Waals surface area contributed by atoms with Crippen LogP contribution in [0.4, 0.5) is 5.13 Å². The molecule has 1 amide bonds. The van der Waals surface area contributed by atoms with Gasteiger partial charge in [-0.25, -0.2) is 0 Å². The lowest BCUT2D eigenvalue weighted by Gasteiger charge is -2.19. The lowest BCUT2D eigenvalue weighted by molar-refractivity contribution is -0.116. The van der Waals surface area contributed by atoms with Crippen LogP contribution < -0.4 is 5.32 Å². The van der Waals surface area contributed by atoms with Crippen molar-refractivity contribution in [2.75, 3.05) is 11.6 Å². The van der Waals surface area contributed by atoms with Crippen LogP contribution in [0.15, 0.2) is 28.6 Å². The average Bonchev–Trinajstić information content (AvgIpc) is 2.92. The van der Waals surface area contributed by atoms with Crippen molar-refractivity contribution in [3.05, 3.63) is 35.4 Å². The molecule has 4 nitrogen and oxygen atoms in total. The molecule has 0 fully saturated rings. The summed E-state index contributed by atoms with van der Waals surface area (Å²) >= 11 is 2.92. The first-order valence-corrected chi connectivity index (χ1v) is 9.19. The lowest BCUT2D eigenvalue weighted by atomic mass is 9.86. The van der Waals surface area contributed by atoms with Gasteiger partial charge >= 0.3 is 0 Å². The van der Waals surface area contributed by atoms with Crippen molar-refractivity contribution < 1.29 is 4.79 Å². The van der Waals surface area contributed by atoms with Gasteiger partial charge in [-0.2, -0.15) is 0 Å². The smallest absolute Gasteiger partial charge is 0.226 e. The molecule has 0 aliphatic rings. The van der Waals surface area contributed by atoms with Gasteiger partial charge in [0.2, 0.25) is 11.0 Å². The molecule has 0 saturated heterocycles. The number of hydrogen-bond acceptors (Lipinski definition) is 5. The van der Waals surface area contributed by atoms with Crippen molar-refractivity contribution in [2.24, 2.45) is 0 Å². The van der Waals surface area contributed by atoms with Gasteiger partial charge in [0.15, 0.2) is 4.34 Å². The Balaban J connectivity index is 1.85. The fourth-order valence-electron chi connectivity index (χ4n) is 1.95. The molecule has 1 N–H and O–H groups in total. The number of anilines is 1. The number of benzene rings is 1. The number of nitrogens with zero attached hydrogens (tertiary/aromatic N) is 2. The zero-order chi connectivity index (χ0) is 16.2. The Morgan fingerprint density at radius 1 is 1.23 bits per heavy atom. The Morgan fingerprint density at radius 2 is 1.91 bits per heavy atom. The first-order chi connectivity index (χ1) is 10.4. The summed E-state index contributed by atoms with van der Waals surface area (Å²) in [6.45, 7) is 6.58. The number of carbonyl (C=O) groups excluding carboxylic acids is 1. The maximum absolute atomic E-state index is 11.9. The molecule has 0 atom stereocenters. The number of aromatic nitrogens is 2. The van der Waals surface area contributed by atoms with Crippen LogP contribution in [0.5, 0.6) is 0 Å². The second-order valence-electron chi connectivity index (χ2n) is 6.07. The van der Waals surface area contributed by atoms with Crippen LogP contribution >= 0.6 is 23.1 Å². The first kappa shape index (κ1) is 17.0. The second-order valence-corrected chi connectivity index (χ2v) is 8.10. The van der Waals surface area contributed by atoms with Gasteiger partial charge in [-0.3, -0.25) is 4.79 Å². The van der Waals surface area contributed by atoms with E-state index in [-0.39, 0.29) is 11.3 Å². The minimum atomic E-state index is -0.0244. The van der Waals surface area contributed by atoms with Gasteiger partial charge in [0.1, 0.15) is 0 Å². The fourth-order valence-corrected chi connectivity index (χ4v) is 3.14. The van der Waals surface area contributed by atoms with E-state index >= 15 is 0 Å². The van der Waals surface area contributed by atoms with Gasteiger partial charge < -0.3 is 5.32 Å². The van der Waals surface area contributed by atoms with E-state index in [1.165, 1.54) is 34.2 Å². The standard InChI is InChI=1S/C16H21N3OS2/c1-16(2,3)12-8-5-11(6-9-12)7-10-13(20)17-14-18-19-15(21-4)22-14/h5-6,8-9H,7,10H2,1-4H3,(H,17,18,20). The van der Waals surface area contributed by atoms with E-state index < -0.39 is 0 Å². The topological polar surface area (TPSA) is 54.9 Å². The molecule has 0 saturated carbocycles. The Bertz CT molecular complexity index is 630. The molecular formula is C16H21N3OS2. The summed E-state index contributed by atoms with van der Waals surface area (Å²) in [7, 11) is 0. The van der Waals surface area contributed by atoms with Crippen molar-refractivity contribution in [1.29, 1.82) is 0 Å². The zero-order valence-corrected chi connectivity index (χ0v) is 15.0. The number of nitrogens with one attached hydrogen (secondary N) is 1. The summed E-state index contributed by atoms with van der Waals surface area (Å²) in [4.78, 5) is 11.9. The zero-order valence-electron chi connectivity index (χ0n) is 13.3. The summed E-state index contributed by atoms with van der Waals surface area (Å²) in [5.41, 5.74) is 2.63. The first-order valence-electron chi connectivity index (χ1n) is 7.15. The summed E-state index contributed by atoms with van der Waals surface area (Å²) in [6.07, 6.45) is 3.11. The summed E-state index contributed by atoms with van der Waals surface area (Å²) in [5, 5.41) is 11.3. The number of aryl methyl sites for hydroxylation is 1. The van der Waals surface area contributed by atoms with Crippen LogP contribution in [-0.4, -0.2) is 22.4 Å². The van der Waals surface area contributed by atoms with Crippen LogP contribution in [0.1, 0.15) is 38.3 Å². The molecule has 2 aromatic rings. The maximum Gasteiger partial charge on any atom is 0.226 e. The molecule has 6 heteroatoms. The number of carbonyl (C=O) groups is 1. The molecule has 0 radical (unpaired) electrons. The largest absolute Gasteiger partial charge is 0.300 e. The number of thioether (sulfide) groups is 1. The van der Waals surface area contributed by atoms with E-state index in [2.05, 4.69) is 60.6 Å². The molecule has 0 aliphatic heterocycles. The van der Waals surface area contributed by atoms with Crippen molar-refractivity contribution in [3.63, 3.8) is 0 Å². The van der Waals surface area contributed by atoms with E-state index in [0.717, 1.165) is 10.8 Å². The van der Waals surface area contributed by atoms with Gasteiger partial charge in [-0.05, 0) is 29.2 Å². The molecule has 0 spiro atoms. The minimum absolute atomic E-state index is 0.0244. The molecule has 1 aromatic heterocycles. The van der Waals surface area contributed by atoms with Crippen LogP contribution in [0.25, 0.3) is 0 Å². The third-order valence-electron chi connectivity index (χ3n) is 3.29. The molecule has 118 valence electrons. The molecule has 0 unspecified atom stereocenters. The number of hydrogen-bond donors (Lipinski definition) is 1. The van der Waals surface area contributed by atoms with Crippen LogP contribution in [0.3, 0.4) is 0 Å². The van der Waals surface area contributed by atoms with Crippen LogP contribution in [0.2, 0.25) is 0 Å². The number of rotatable bonds is 5. The summed E-state index contributed by atoms with van der Waals surface area (Å²) in [6, 6.07) is 8.49. The Hall–Kier alpha value is -1.40. The second kappa shape index (κ2) is 7.24. The molecule has 1 aromatic carbocycles. The molecule has 0 aliphatic carbocycles. The van der Waals surface area contributed by atoms with E-state index in [4.69, 9.17) is 0 Å².